The monoisotopic (exact) mass is 525 g/mol. The molecule has 1 aliphatic carbocycles. The number of fused-ring (bicyclic) bond motifs is 3. The SMILES string of the molecule is CC(C)(C)OC(=O)N[C@H]1CCC[C@@H]1C(=O)OCC(=O)c1ccc2c(ccc3cc(Br)ccc32)c1. The van der Waals surface area contributed by atoms with Crippen LogP contribution in [0.3, 0.4) is 0 Å². The number of halogens is 1. The van der Waals surface area contributed by atoms with Crippen LogP contribution >= 0.6 is 15.9 Å². The fourth-order valence-corrected chi connectivity index (χ4v) is 4.80. The first-order valence-electron chi connectivity index (χ1n) is 11.4. The topological polar surface area (TPSA) is 81.7 Å². The van der Waals surface area contributed by atoms with E-state index in [1.165, 1.54) is 0 Å². The number of carbonyl (C=O) groups excluding carboxylic acids is 3. The average molecular weight is 526 g/mol. The molecule has 178 valence electrons. The Labute approximate surface area is 207 Å². The molecular formula is C27H28BrNO5. The molecule has 0 radical (unpaired) electrons. The van der Waals surface area contributed by atoms with E-state index >= 15 is 0 Å². The van der Waals surface area contributed by atoms with Crippen LogP contribution in [0.5, 0.6) is 0 Å². The predicted octanol–water partition coefficient (Wildman–Crippen LogP) is 6.17. The molecule has 0 bridgehead atoms. The Bertz CT molecular complexity index is 1260. The van der Waals surface area contributed by atoms with E-state index in [1.54, 1.807) is 26.8 Å². The molecule has 3 aromatic carbocycles. The summed E-state index contributed by atoms with van der Waals surface area (Å²) in [5.74, 6) is -1.22. The molecular weight excluding hydrogens is 498 g/mol. The van der Waals surface area contributed by atoms with Gasteiger partial charge in [-0.1, -0.05) is 52.7 Å². The van der Waals surface area contributed by atoms with Gasteiger partial charge in [0.05, 0.1) is 5.92 Å². The van der Waals surface area contributed by atoms with E-state index in [0.29, 0.717) is 18.4 Å². The normalized spacial score (nSPS) is 18.1. The van der Waals surface area contributed by atoms with Crippen molar-refractivity contribution >= 4 is 55.3 Å². The van der Waals surface area contributed by atoms with Crippen molar-refractivity contribution < 1.29 is 23.9 Å². The minimum atomic E-state index is -0.617. The van der Waals surface area contributed by atoms with Crippen LogP contribution < -0.4 is 5.32 Å². The van der Waals surface area contributed by atoms with E-state index in [-0.39, 0.29) is 18.4 Å². The lowest BCUT2D eigenvalue weighted by Gasteiger charge is -2.24. The van der Waals surface area contributed by atoms with Gasteiger partial charge in [0.15, 0.2) is 12.4 Å². The van der Waals surface area contributed by atoms with Crippen LogP contribution in [0.2, 0.25) is 0 Å². The van der Waals surface area contributed by atoms with Crippen LogP contribution in [0, 0.1) is 5.92 Å². The van der Waals surface area contributed by atoms with E-state index in [4.69, 9.17) is 9.47 Å². The van der Waals surface area contributed by atoms with Gasteiger partial charge in [-0.2, -0.15) is 0 Å². The van der Waals surface area contributed by atoms with E-state index in [0.717, 1.165) is 32.4 Å². The van der Waals surface area contributed by atoms with Gasteiger partial charge in [-0.15, -0.1) is 0 Å². The molecule has 0 heterocycles. The molecule has 0 aromatic heterocycles. The lowest BCUT2D eigenvalue weighted by atomic mass is 9.99. The third-order valence-corrected chi connectivity index (χ3v) is 6.48. The van der Waals surface area contributed by atoms with Gasteiger partial charge in [0.1, 0.15) is 5.60 Å². The number of amides is 1. The molecule has 3 aromatic rings. The van der Waals surface area contributed by atoms with Crippen LogP contribution in [0.1, 0.15) is 50.4 Å². The maximum Gasteiger partial charge on any atom is 0.407 e. The van der Waals surface area contributed by atoms with Crippen molar-refractivity contribution in [2.75, 3.05) is 6.61 Å². The molecule has 0 unspecified atom stereocenters. The molecule has 1 amide bonds. The number of ether oxygens (including phenoxy) is 2. The van der Waals surface area contributed by atoms with Crippen LogP contribution in [0.4, 0.5) is 4.79 Å². The van der Waals surface area contributed by atoms with Gasteiger partial charge in [-0.3, -0.25) is 9.59 Å². The molecule has 1 N–H and O–H groups in total. The summed E-state index contributed by atoms with van der Waals surface area (Å²) in [6.45, 7) is 5.02. The summed E-state index contributed by atoms with van der Waals surface area (Å²) in [7, 11) is 0. The highest BCUT2D eigenvalue weighted by Crippen LogP contribution is 2.29. The van der Waals surface area contributed by atoms with Crippen molar-refractivity contribution in [3.05, 3.63) is 58.6 Å². The Hall–Kier alpha value is -2.93. The predicted molar refractivity (Wildman–Crippen MR) is 135 cm³/mol. The third-order valence-electron chi connectivity index (χ3n) is 5.99. The molecule has 0 spiro atoms. The fourth-order valence-electron chi connectivity index (χ4n) is 4.42. The number of hydrogen-bond donors (Lipinski definition) is 1. The minimum absolute atomic E-state index is 0.263. The molecule has 6 nitrogen and oxygen atoms in total. The van der Waals surface area contributed by atoms with Crippen molar-refractivity contribution in [3.63, 3.8) is 0 Å². The Morgan fingerprint density at radius 3 is 2.35 bits per heavy atom. The van der Waals surface area contributed by atoms with Gasteiger partial charge in [-0.25, -0.2) is 4.79 Å². The highest BCUT2D eigenvalue weighted by atomic mass is 79.9. The van der Waals surface area contributed by atoms with Gasteiger partial charge >= 0.3 is 12.1 Å². The number of hydrogen-bond acceptors (Lipinski definition) is 5. The number of rotatable bonds is 5. The van der Waals surface area contributed by atoms with Crippen LogP contribution in [0.15, 0.2) is 53.0 Å². The largest absolute Gasteiger partial charge is 0.457 e. The second-order valence-corrected chi connectivity index (χ2v) is 10.6. The second-order valence-electron chi connectivity index (χ2n) is 9.69. The average Bonchev–Trinajstić information content (AvgIpc) is 3.23. The molecule has 34 heavy (non-hydrogen) atoms. The highest BCUT2D eigenvalue weighted by molar-refractivity contribution is 9.10. The van der Waals surface area contributed by atoms with E-state index < -0.39 is 23.6 Å². The van der Waals surface area contributed by atoms with Crippen molar-refractivity contribution in [1.82, 2.24) is 5.32 Å². The number of alkyl carbamates (subject to hydrolysis) is 1. The minimum Gasteiger partial charge on any atom is -0.457 e. The van der Waals surface area contributed by atoms with Crippen LogP contribution in [-0.4, -0.2) is 36.1 Å². The van der Waals surface area contributed by atoms with Crippen molar-refractivity contribution in [2.24, 2.45) is 5.92 Å². The molecule has 2 atom stereocenters. The summed E-state index contributed by atoms with van der Waals surface area (Å²) >= 11 is 3.49. The number of esters is 1. The number of nitrogens with one attached hydrogen (secondary N) is 1. The Morgan fingerprint density at radius 1 is 0.971 bits per heavy atom. The molecule has 0 aliphatic heterocycles. The molecule has 0 saturated heterocycles. The van der Waals surface area contributed by atoms with Crippen molar-refractivity contribution in [1.29, 1.82) is 0 Å². The molecule has 1 saturated carbocycles. The standard InChI is InChI=1S/C27H28BrNO5/c1-27(2,3)34-26(32)29-23-6-4-5-22(23)25(31)33-15-24(30)18-9-11-20-16(13-18)7-8-17-14-19(28)10-12-21(17)20/h7-14,22-23H,4-6,15H2,1-3H3,(H,29,32)/t22-,23-/m0/s1. The summed E-state index contributed by atoms with van der Waals surface area (Å²) in [4.78, 5) is 37.5. The van der Waals surface area contributed by atoms with E-state index in [2.05, 4.69) is 27.3 Å². The molecule has 7 heteroatoms. The summed E-state index contributed by atoms with van der Waals surface area (Å²) in [5, 5.41) is 7.00. The van der Waals surface area contributed by atoms with Crippen LogP contribution in [-0.2, 0) is 14.3 Å². The van der Waals surface area contributed by atoms with E-state index in [1.807, 2.05) is 36.4 Å². The summed E-state index contributed by atoms with van der Waals surface area (Å²) in [6, 6.07) is 15.3. The first-order valence-corrected chi connectivity index (χ1v) is 12.2. The summed E-state index contributed by atoms with van der Waals surface area (Å²) in [5.41, 5.74) is -0.125. The first kappa shape index (κ1) is 24.2. The van der Waals surface area contributed by atoms with Gasteiger partial charge in [0.2, 0.25) is 0 Å². The fraction of sp³-hybridized carbons (Fsp3) is 0.370. The van der Waals surface area contributed by atoms with E-state index in [9.17, 15) is 14.4 Å². The first-order chi connectivity index (χ1) is 16.1. The Morgan fingerprint density at radius 2 is 1.65 bits per heavy atom. The zero-order chi connectivity index (χ0) is 24.5. The molecule has 1 aliphatic rings. The van der Waals surface area contributed by atoms with Gasteiger partial charge in [0, 0.05) is 16.1 Å². The van der Waals surface area contributed by atoms with Gasteiger partial charge in [-0.05, 0) is 73.4 Å². The lowest BCUT2D eigenvalue weighted by Crippen LogP contribution is -2.43. The summed E-state index contributed by atoms with van der Waals surface area (Å²) < 4.78 is 11.7. The second kappa shape index (κ2) is 9.74. The number of carbonyl (C=O) groups is 3. The smallest absolute Gasteiger partial charge is 0.407 e. The third kappa shape index (κ3) is 5.58. The Kier molecular flexibility index (Phi) is 6.94. The van der Waals surface area contributed by atoms with Crippen molar-refractivity contribution in [2.45, 2.75) is 51.7 Å². The zero-order valence-electron chi connectivity index (χ0n) is 19.5. The maximum absolute atomic E-state index is 12.8. The van der Waals surface area contributed by atoms with Crippen molar-refractivity contribution in [3.8, 4) is 0 Å². The lowest BCUT2D eigenvalue weighted by molar-refractivity contribution is -0.147. The maximum atomic E-state index is 12.8. The molecule has 4 rings (SSSR count). The number of benzene rings is 3. The zero-order valence-corrected chi connectivity index (χ0v) is 21.1. The van der Waals surface area contributed by atoms with Gasteiger partial charge < -0.3 is 14.8 Å². The van der Waals surface area contributed by atoms with Gasteiger partial charge in [0.25, 0.3) is 0 Å². The Balaban J connectivity index is 1.39. The summed E-state index contributed by atoms with van der Waals surface area (Å²) in [6.07, 6.45) is 1.52. The van der Waals surface area contributed by atoms with Crippen LogP contribution in [0.25, 0.3) is 21.5 Å². The molecule has 1 fully saturated rings. The highest BCUT2D eigenvalue weighted by Gasteiger charge is 2.36. The number of Topliss-reactive ketones (excluding diaryl/α,β-unsaturated/α-hetero) is 1. The quantitative estimate of drug-likeness (QED) is 0.244. The number of ketones is 1.